The van der Waals surface area contributed by atoms with Gasteiger partial charge in [0.1, 0.15) is 0 Å². The molecule has 3 aliphatic rings. The lowest BCUT2D eigenvalue weighted by Gasteiger charge is -2.50. The van der Waals surface area contributed by atoms with Crippen molar-refractivity contribution in [1.29, 1.82) is 0 Å². The van der Waals surface area contributed by atoms with Crippen molar-refractivity contribution < 1.29 is 14.2 Å². The first-order valence-electron chi connectivity index (χ1n) is 6.66. The minimum Gasteiger partial charge on any atom is -0.327 e. The van der Waals surface area contributed by atoms with Gasteiger partial charge in [0.05, 0.1) is 19.8 Å². The second kappa shape index (κ2) is 4.65. The van der Waals surface area contributed by atoms with Crippen molar-refractivity contribution in [3.8, 4) is 0 Å². The molecule has 3 fully saturated rings. The molecule has 18 heavy (non-hydrogen) atoms. The molecule has 0 aliphatic carbocycles. The highest BCUT2D eigenvalue weighted by molar-refractivity contribution is 5.14. The summed E-state index contributed by atoms with van der Waals surface area (Å²) in [7, 11) is 0. The first kappa shape index (κ1) is 12.2. The lowest BCUT2D eigenvalue weighted by atomic mass is 9.91. The van der Waals surface area contributed by atoms with Gasteiger partial charge in [0.15, 0.2) is 0 Å². The van der Waals surface area contributed by atoms with Crippen molar-refractivity contribution >= 4 is 0 Å². The lowest BCUT2D eigenvalue weighted by Crippen LogP contribution is -2.58. The standard InChI is InChI=1S/C15H20O3/c1-14-10-16-15(17-11-14,18-12-14)9-5-8-13-6-3-2-4-7-13/h2-4,6-7H,5,8-12H2,1H3. The normalized spacial score (nSPS) is 34.7. The highest BCUT2D eigenvalue weighted by Gasteiger charge is 2.49. The van der Waals surface area contributed by atoms with Gasteiger partial charge >= 0.3 is 0 Å². The van der Waals surface area contributed by atoms with E-state index < -0.39 is 5.97 Å². The molecule has 3 heterocycles. The second-order valence-electron chi connectivity index (χ2n) is 5.70. The van der Waals surface area contributed by atoms with E-state index in [9.17, 15) is 0 Å². The van der Waals surface area contributed by atoms with Gasteiger partial charge in [-0.1, -0.05) is 37.3 Å². The maximum absolute atomic E-state index is 5.76. The van der Waals surface area contributed by atoms with Crippen LogP contribution in [0.1, 0.15) is 25.3 Å². The van der Waals surface area contributed by atoms with Crippen molar-refractivity contribution in [2.45, 2.75) is 32.2 Å². The van der Waals surface area contributed by atoms with Crippen LogP contribution in [0.3, 0.4) is 0 Å². The van der Waals surface area contributed by atoms with Gasteiger partial charge in [0.25, 0.3) is 5.97 Å². The minimum absolute atomic E-state index is 0.0567. The van der Waals surface area contributed by atoms with Gasteiger partial charge < -0.3 is 14.2 Å². The smallest absolute Gasteiger partial charge is 0.282 e. The van der Waals surface area contributed by atoms with E-state index in [2.05, 4.69) is 31.2 Å². The summed E-state index contributed by atoms with van der Waals surface area (Å²) in [6.07, 6.45) is 2.86. The summed E-state index contributed by atoms with van der Waals surface area (Å²) < 4.78 is 17.3. The summed E-state index contributed by atoms with van der Waals surface area (Å²) in [5.74, 6) is -0.757. The van der Waals surface area contributed by atoms with Gasteiger partial charge in [-0.2, -0.15) is 0 Å². The first-order valence-corrected chi connectivity index (χ1v) is 6.66. The molecule has 1 aromatic carbocycles. The Bertz CT molecular complexity index is 377. The summed E-state index contributed by atoms with van der Waals surface area (Å²) in [4.78, 5) is 0. The van der Waals surface area contributed by atoms with E-state index in [1.54, 1.807) is 0 Å². The third-order valence-electron chi connectivity index (χ3n) is 3.71. The van der Waals surface area contributed by atoms with Gasteiger partial charge in [0.2, 0.25) is 0 Å². The average Bonchev–Trinajstić information content (AvgIpc) is 2.42. The Morgan fingerprint density at radius 2 is 1.61 bits per heavy atom. The molecule has 3 aliphatic heterocycles. The topological polar surface area (TPSA) is 27.7 Å². The van der Waals surface area contributed by atoms with Crippen molar-refractivity contribution in [1.82, 2.24) is 0 Å². The number of fused-ring (bicyclic) bond motifs is 3. The van der Waals surface area contributed by atoms with Crippen molar-refractivity contribution in [2.24, 2.45) is 5.41 Å². The van der Waals surface area contributed by atoms with Crippen LogP contribution in [0.2, 0.25) is 0 Å². The molecule has 1 aromatic rings. The predicted octanol–water partition coefficient (Wildman–Crippen LogP) is 2.75. The second-order valence-corrected chi connectivity index (χ2v) is 5.70. The van der Waals surface area contributed by atoms with Crippen molar-refractivity contribution in [3.63, 3.8) is 0 Å². The Hall–Kier alpha value is -0.900. The third-order valence-corrected chi connectivity index (χ3v) is 3.71. The molecule has 2 bridgehead atoms. The SMILES string of the molecule is CC12COC(CCCc3ccccc3)(OC1)OC2. The van der Waals surface area contributed by atoms with Gasteiger partial charge in [0, 0.05) is 11.8 Å². The Morgan fingerprint density at radius 1 is 1.00 bits per heavy atom. The lowest BCUT2D eigenvalue weighted by molar-refractivity contribution is -0.467. The van der Waals surface area contributed by atoms with E-state index >= 15 is 0 Å². The van der Waals surface area contributed by atoms with Gasteiger partial charge in [-0.3, -0.25) is 0 Å². The molecule has 3 saturated heterocycles. The number of hydrogen-bond acceptors (Lipinski definition) is 3. The number of benzene rings is 1. The fourth-order valence-corrected chi connectivity index (χ4v) is 2.47. The largest absolute Gasteiger partial charge is 0.327 e. The van der Waals surface area contributed by atoms with Crippen LogP contribution in [0.25, 0.3) is 0 Å². The zero-order valence-corrected chi connectivity index (χ0v) is 10.9. The van der Waals surface area contributed by atoms with Gasteiger partial charge in [-0.05, 0) is 18.4 Å². The van der Waals surface area contributed by atoms with Crippen molar-refractivity contribution in [3.05, 3.63) is 35.9 Å². The fourth-order valence-electron chi connectivity index (χ4n) is 2.47. The van der Waals surface area contributed by atoms with Crippen LogP contribution in [0.4, 0.5) is 0 Å². The van der Waals surface area contributed by atoms with E-state index in [-0.39, 0.29) is 5.41 Å². The number of ether oxygens (including phenoxy) is 3. The fraction of sp³-hybridized carbons (Fsp3) is 0.600. The van der Waals surface area contributed by atoms with Crippen LogP contribution in [-0.2, 0) is 20.6 Å². The highest BCUT2D eigenvalue weighted by Crippen LogP contribution is 2.40. The zero-order valence-electron chi connectivity index (χ0n) is 10.9. The summed E-state index contributed by atoms with van der Waals surface area (Å²) in [6.45, 7) is 4.38. The summed E-state index contributed by atoms with van der Waals surface area (Å²) in [5, 5.41) is 0. The molecule has 0 saturated carbocycles. The van der Waals surface area contributed by atoms with Crippen LogP contribution in [0.5, 0.6) is 0 Å². The monoisotopic (exact) mass is 248 g/mol. The molecule has 0 aromatic heterocycles. The maximum Gasteiger partial charge on any atom is 0.282 e. The van der Waals surface area contributed by atoms with Crippen LogP contribution in [0, 0.1) is 5.41 Å². The van der Waals surface area contributed by atoms with Crippen LogP contribution in [0.15, 0.2) is 30.3 Å². The Balaban J connectivity index is 1.52. The Kier molecular flexibility index (Phi) is 3.14. The quantitative estimate of drug-likeness (QED) is 0.820. The molecule has 0 unspecified atom stereocenters. The zero-order chi connectivity index (χ0) is 12.5. The number of rotatable bonds is 4. The van der Waals surface area contributed by atoms with Crippen LogP contribution in [-0.4, -0.2) is 25.8 Å². The Labute approximate surface area is 108 Å². The molecule has 0 amide bonds. The van der Waals surface area contributed by atoms with Crippen LogP contribution >= 0.6 is 0 Å². The van der Waals surface area contributed by atoms with E-state index in [1.165, 1.54) is 5.56 Å². The third kappa shape index (κ3) is 2.44. The highest BCUT2D eigenvalue weighted by atomic mass is 16.9. The molecule has 3 nitrogen and oxygen atoms in total. The van der Waals surface area contributed by atoms with Gasteiger partial charge in [-0.25, -0.2) is 0 Å². The van der Waals surface area contributed by atoms with Crippen molar-refractivity contribution in [2.75, 3.05) is 19.8 Å². The number of aryl methyl sites for hydroxylation is 1. The van der Waals surface area contributed by atoms with Crippen LogP contribution < -0.4 is 0 Å². The predicted molar refractivity (Wildman–Crippen MR) is 68.1 cm³/mol. The maximum atomic E-state index is 5.76. The Morgan fingerprint density at radius 3 is 2.22 bits per heavy atom. The minimum atomic E-state index is -0.757. The molecule has 98 valence electrons. The molecule has 0 spiro atoms. The van der Waals surface area contributed by atoms with Gasteiger partial charge in [-0.15, -0.1) is 0 Å². The van der Waals surface area contributed by atoms with E-state index in [1.807, 2.05) is 6.07 Å². The molecular formula is C15H20O3. The van der Waals surface area contributed by atoms with E-state index in [0.717, 1.165) is 39.1 Å². The first-order chi connectivity index (χ1) is 8.70. The average molecular weight is 248 g/mol. The summed E-state index contributed by atoms with van der Waals surface area (Å²) in [5.41, 5.74) is 1.41. The number of hydrogen-bond donors (Lipinski definition) is 0. The molecule has 0 radical (unpaired) electrons. The summed E-state index contributed by atoms with van der Waals surface area (Å²) in [6, 6.07) is 10.5. The molecule has 0 N–H and O–H groups in total. The summed E-state index contributed by atoms with van der Waals surface area (Å²) >= 11 is 0. The van der Waals surface area contributed by atoms with E-state index in [4.69, 9.17) is 14.2 Å². The van der Waals surface area contributed by atoms with E-state index in [0.29, 0.717) is 0 Å². The molecule has 0 atom stereocenters. The molecule has 4 rings (SSSR count). The molecular weight excluding hydrogens is 228 g/mol. The molecule has 3 heteroatoms.